The fourth-order valence-electron chi connectivity index (χ4n) is 6.14. The molecule has 0 saturated heterocycles. The maximum Gasteiger partial charge on any atom is 0.514 e. The van der Waals surface area contributed by atoms with E-state index in [0.29, 0.717) is 23.5 Å². The number of hydrogen-bond acceptors (Lipinski definition) is 10. The van der Waals surface area contributed by atoms with Crippen LogP contribution in [0.3, 0.4) is 0 Å². The summed E-state index contributed by atoms with van der Waals surface area (Å²) < 4.78 is 10.1. The lowest BCUT2D eigenvalue weighted by Gasteiger charge is -2.26. The third-order valence-electron chi connectivity index (χ3n) is 9.49. The van der Waals surface area contributed by atoms with E-state index in [4.69, 9.17) is 9.47 Å². The van der Waals surface area contributed by atoms with Gasteiger partial charge in [-0.15, -0.1) is 0 Å². The second kappa shape index (κ2) is 21.5. The summed E-state index contributed by atoms with van der Waals surface area (Å²) in [5.41, 5.74) is 4.06. The van der Waals surface area contributed by atoms with Gasteiger partial charge in [0.2, 0.25) is 29.5 Å². The Labute approximate surface area is 352 Å². The molecule has 0 aliphatic carbocycles. The van der Waals surface area contributed by atoms with Gasteiger partial charge in [-0.05, 0) is 72.9 Å². The summed E-state index contributed by atoms with van der Waals surface area (Å²) in [7, 11) is 0. The van der Waals surface area contributed by atoms with Gasteiger partial charge in [-0.2, -0.15) is 0 Å². The van der Waals surface area contributed by atoms with Gasteiger partial charge in [0.1, 0.15) is 24.4 Å². The summed E-state index contributed by atoms with van der Waals surface area (Å²) in [6.45, 7) is 5.32. The van der Waals surface area contributed by atoms with Crippen molar-refractivity contribution < 1.29 is 43.2 Å². The Bertz CT molecular complexity index is 2320. The zero-order valence-electron chi connectivity index (χ0n) is 33.9. The Kier molecular flexibility index (Phi) is 15.7. The number of fused-ring (bicyclic) bond motifs is 2. The predicted octanol–water partition coefficient (Wildman–Crippen LogP) is 5.52. The molecular weight excluding hydrogens is 785 g/mol. The molecule has 0 fully saturated rings. The van der Waals surface area contributed by atoms with Gasteiger partial charge < -0.3 is 35.6 Å². The molecule has 1 heterocycles. The minimum absolute atomic E-state index is 0.0219. The SMILES string of the molecule is CC(C)C(NC(=O)CCCC(=O)NCCC(=O)N1Cc2ccccc2C#Cc2ccccc21)C(=O)N[C@@H](C)C(=O)Nc1ccc(COC(=O)Oc2ccc([N+](=O)[O-])cc2)cc1. The molecule has 5 rings (SSSR count). The molecule has 0 saturated carbocycles. The van der Waals surface area contributed by atoms with Gasteiger partial charge in [-0.3, -0.25) is 34.1 Å². The van der Waals surface area contributed by atoms with E-state index in [1.807, 2.05) is 48.5 Å². The molecule has 16 heteroatoms. The standard InChI is InChI=1S/C45H46N6O10/c1-29(2)42(44(56)47-30(3)43(55)48-35-19-15-31(16-20-35)28-60-45(57)61-37-23-21-36(22-24-37)51(58)59)49-40(53)14-8-13-39(52)46-26-25-41(54)50-27-34-11-5-4-9-32(34)17-18-33-10-6-7-12-38(33)50/h4-7,9-12,15-16,19-24,29-30,42H,8,13-14,25-28H2,1-3H3,(H,46,52)(H,47,56)(H,48,55)(H,49,53)/t30-,42?/m0/s1. The lowest BCUT2D eigenvalue weighted by atomic mass is 10.0. The highest BCUT2D eigenvalue weighted by Crippen LogP contribution is 2.26. The number of carbonyl (C=O) groups is 6. The first-order chi connectivity index (χ1) is 29.3. The minimum Gasteiger partial charge on any atom is -0.429 e. The first-order valence-corrected chi connectivity index (χ1v) is 19.6. The number of para-hydroxylation sites is 1. The van der Waals surface area contributed by atoms with Crippen LogP contribution < -0.4 is 30.9 Å². The molecular formula is C45H46N6O10. The van der Waals surface area contributed by atoms with Crippen LogP contribution in [0.1, 0.15) is 68.7 Å². The highest BCUT2D eigenvalue weighted by atomic mass is 16.7. The van der Waals surface area contributed by atoms with E-state index in [9.17, 15) is 38.9 Å². The first kappa shape index (κ1) is 44.6. The van der Waals surface area contributed by atoms with Crippen molar-refractivity contribution in [2.24, 2.45) is 5.92 Å². The lowest BCUT2D eigenvalue weighted by Crippen LogP contribution is -2.53. The van der Waals surface area contributed by atoms with Crippen molar-refractivity contribution in [2.75, 3.05) is 16.8 Å². The van der Waals surface area contributed by atoms with Crippen molar-refractivity contribution in [2.45, 2.75) is 71.7 Å². The van der Waals surface area contributed by atoms with Crippen LogP contribution in [0, 0.1) is 27.9 Å². The molecule has 5 amide bonds. The smallest absolute Gasteiger partial charge is 0.429 e. The molecule has 1 aliphatic heterocycles. The molecule has 4 aromatic rings. The number of nitrogens with zero attached hydrogens (tertiary/aromatic N) is 2. The number of hydrogen-bond donors (Lipinski definition) is 4. The van der Waals surface area contributed by atoms with Crippen LogP contribution >= 0.6 is 0 Å². The quantitative estimate of drug-likeness (QED) is 0.0344. The van der Waals surface area contributed by atoms with Crippen LogP contribution in [-0.2, 0) is 41.9 Å². The fraction of sp³-hybridized carbons (Fsp3) is 0.289. The van der Waals surface area contributed by atoms with E-state index in [0.717, 1.165) is 16.7 Å². The highest BCUT2D eigenvalue weighted by Gasteiger charge is 2.27. The maximum absolute atomic E-state index is 13.4. The first-order valence-electron chi connectivity index (χ1n) is 19.6. The molecule has 4 N–H and O–H groups in total. The number of nitro benzene ring substituents is 1. The number of nitrogens with one attached hydrogen (secondary N) is 4. The van der Waals surface area contributed by atoms with Crippen molar-refractivity contribution >= 4 is 52.8 Å². The second-order valence-corrected chi connectivity index (χ2v) is 14.5. The van der Waals surface area contributed by atoms with Gasteiger partial charge in [0.15, 0.2) is 0 Å². The van der Waals surface area contributed by atoms with E-state index in [-0.39, 0.29) is 68.0 Å². The average molecular weight is 831 g/mol. The molecule has 1 unspecified atom stereocenters. The Morgan fingerprint density at radius 3 is 2.13 bits per heavy atom. The van der Waals surface area contributed by atoms with E-state index >= 15 is 0 Å². The van der Waals surface area contributed by atoms with Crippen LogP contribution in [0.25, 0.3) is 0 Å². The van der Waals surface area contributed by atoms with Gasteiger partial charge in [0.25, 0.3) is 5.69 Å². The fourth-order valence-corrected chi connectivity index (χ4v) is 6.14. The van der Waals surface area contributed by atoms with Gasteiger partial charge in [-0.1, -0.05) is 68.2 Å². The van der Waals surface area contributed by atoms with Crippen LogP contribution in [0.5, 0.6) is 5.75 Å². The average Bonchev–Trinajstić information content (AvgIpc) is 3.23. The number of amides is 5. The number of rotatable bonds is 17. The summed E-state index contributed by atoms with van der Waals surface area (Å²) in [5, 5.41) is 21.6. The number of benzene rings is 4. The van der Waals surface area contributed by atoms with Gasteiger partial charge in [-0.25, -0.2) is 4.79 Å². The van der Waals surface area contributed by atoms with Crippen LogP contribution in [0.15, 0.2) is 97.1 Å². The van der Waals surface area contributed by atoms with Crippen molar-refractivity contribution in [1.82, 2.24) is 16.0 Å². The minimum atomic E-state index is -1.01. The highest BCUT2D eigenvalue weighted by molar-refractivity contribution is 5.98. The second-order valence-electron chi connectivity index (χ2n) is 14.5. The number of anilines is 2. The lowest BCUT2D eigenvalue weighted by molar-refractivity contribution is -0.384. The summed E-state index contributed by atoms with van der Waals surface area (Å²) >= 11 is 0. The Morgan fingerprint density at radius 1 is 0.770 bits per heavy atom. The third kappa shape index (κ3) is 13.2. The molecule has 1 aliphatic rings. The van der Waals surface area contributed by atoms with Crippen molar-refractivity contribution in [3.63, 3.8) is 0 Å². The molecule has 4 aromatic carbocycles. The van der Waals surface area contributed by atoms with E-state index in [1.165, 1.54) is 31.2 Å². The summed E-state index contributed by atoms with van der Waals surface area (Å²) in [5.74, 6) is 4.13. The third-order valence-corrected chi connectivity index (χ3v) is 9.49. The molecule has 0 aromatic heterocycles. The van der Waals surface area contributed by atoms with E-state index < -0.39 is 40.9 Å². The van der Waals surface area contributed by atoms with Crippen LogP contribution in [0.2, 0.25) is 0 Å². The molecule has 0 spiro atoms. The van der Waals surface area contributed by atoms with Crippen molar-refractivity contribution in [3.8, 4) is 17.6 Å². The van der Waals surface area contributed by atoms with Crippen LogP contribution in [-0.4, -0.2) is 59.2 Å². The number of ether oxygens (including phenoxy) is 2. The number of carbonyl (C=O) groups excluding carboxylic acids is 6. The normalized spacial score (nSPS) is 12.4. The molecule has 61 heavy (non-hydrogen) atoms. The van der Waals surface area contributed by atoms with E-state index in [2.05, 4.69) is 33.1 Å². The van der Waals surface area contributed by atoms with Crippen molar-refractivity contribution in [1.29, 1.82) is 0 Å². The summed E-state index contributed by atoms with van der Waals surface area (Å²) in [6.07, 6.45) is -0.715. The summed E-state index contributed by atoms with van der Waals surface area (Å²) in [4.78, 5) is 88.9. The Hall–Kier alpha value is -7.54. The van der Waals surface area contributed by atoms with Gasteiger partial charge >= 0.3 is 6.16 Å². The monoisotopic (exact) mass is 830 g/mol. The molecule has 2 atom stereocenters. The van der Waals surface area contributed by atoms with Crippen molar-refractivity contribution in [3.05, 3.63) is 129 Å². The zero-order chi connectivity index (χ0) is 43.9. The zero-order valence-corrected chi connectivity index (χ0v) is 33.9. The number of non-ortho nitro benzene ring substituents is 1. The topological polar surface area (TPSA) is 215 Å². The summed E-state index contributed by atoms with van der Waals surface area (Å²) in [6, 6.07) is 24.5. The predicted molar refractivity (Wildman–Crippen MR) is 225 cm³/mol. The molecule has 16 nitrogen and oxygen atoms in total. The largest absolute Gasteiger partial charge is 0.514 e. The Morgan fingerprint density at radius 2 is 1.43 bits per heavy atom. The maximum atomic E-state index is 13.4. The van der Waals surface area contributed by atoms with E-state index in [1.54, 1.807) is 43.0 Å². The Balaban J connectivity index is 0.995. The molecule has 316 valence electrons. The molecule has 0 bridgehead atoms. The van der Waals surface area contributed by atoms with Gasteiger partial charge in [0, 0.05) is 54.8 Å². The van der Waals surface area contributed by atoms with Crippen LogP contribution in [0.4, 0.5) is 21.9 Å². The molecule has 0 radical (unpaired) electrons. The van der Waals surface area contributed by atoms with Gasteiger partial charge in [0.05, 0.1) is 17.2 Å². The number of nitro groups is 1.